The number of halogens is 2. The zero-order valence-corrected chi connectivity index (χ0v) is 12.0. The third kappa shape index (κ3) is 3.79. The monoisotopic (exact) mass is 306 g/mol. The number of nitrogens with one attached hydrogen (secondary N) is 1. The molecule has 0 heterocycles. The van der Waals surface area contributed by atoms with Gasteiger partial charge in [-0.05, 0) is 42.0 Å². The molecule has 2 rings (SSSR count). The number of nitrogens with zero attached hydrogens (tertiary/aromatic N) is 1. The number of aliphatic hydroxyl groups excluding tert-OH is 1. The van der Waals surface area contributed by atoms with Crippen molar-refractivity contribution in [2.75, 3.05) is 19.0 Å². The van der Waals surface area contributed by atoms with Gasteiger partial charge in [-0.1, -0.05) is 12.1 Å². The van der Waals surface area contributed by atoms with Crippen molar-refractivity contribution in [2.45, 2.75) is 6.04 Å². The van der Waals surface area contributed by atoms with E-state index >= 15 is 0 Å². The number of benzene rings is 2. The second-order valence-electron chi connectivity index (χ2n) is 4.80. The van der Waals surface area contributed by atoms with Crippen LogP contribution in [-0.2, 0) is 0 Å². The van der Waals surface area contributed by atoms with Gasteiger partial charge in [-0.25, -0.2) is 13.6 Å². The number of likely N-dealkylation sites (N-methyl/N-ethyl adjacent to an activating group) is 1. The average molecular weight is 306 g/mol. The molecule has 2 amide bonds. The van der Waals surface area contributed by atoms with Crippen LogP contribution in [0.5, 0.6) is 0 Å². The topological polar surface area (TPSA) is 52.6 Å². The molecule has 0 aliphatic heterocycles. The summed E-state index contributed by atoms with van der Waals surface area (Å²) in [4.78, 5) is 13.4. The Hall–Kier alpha value is -2.47. The summed E-state index contributed by atoms with van der Waals surface area (Å²) in [6, 6.07) is 9.83. The van der Waals surface area contributed by atoms with Gasteiger partial charge in [0.15, 0.2) is 0 Å². The van der Waals surface area contributed by atoms with E-state index in [4.69, 9.17) is 0 Å². The molecule has 0 bridgehead atoms. The van der Waals surface area contributed by atoms with Gasteiger partial charge in [-0.3, -0.25) is 0 Å². The maximum absolute atomic E-state index is 13.3. The van der Waals surface area contributed by atoms with Gasteiger partial charge < -0.3 is 15.3 Å². The first kappa shape index (κ1) is 15.9. The lowest BCUT2D eigenvalue weighted by Gasteiger charge is -2.27. The number of urea groups is 1. The molecule has 0 aromatic heterocycles. The summed E-state index contributed by atoms with van der Waals surface area (Å²) in [6.45, 7) is -0.350. The van der Waals surface area contributed by atoms with Crippen molar-refractivity contribution in [1.29, 1.82) is 0 Å². The lowest BCUT2D eigenvalue weighted by atomic mass is 10.1. The smallest absolute Gasteiger partial charge is 0.322 e. The van der Waals surface area contributed by atoms with Crippen LogP contribution in [0.15, 0.2) is 48.5 Å². The Morgan fingerprint density at radius 3 is 2.45 bits per heavy atom. The molecule has 0 unspecified atom stereocenters. The molecule has 0 aliphatic carbocycles. The van der Waals surface area contributed by atoms with Gasteiger partial charge in [-0.2, -0.15) is 0 Å². The van der Waals surface area contributed by atoms with Crippen molar-refractivity contribution >= 4 is 11.7 Å². The second-order valence-corrected chi connectivity index (χ2v) is 4.80. The van der Waals surface area contributed by atoms with E-state index in [-0.39, 0.29) is 6.61 Å². The molecule has 0 spiro atoms. The van der Waals surface area contributed by atoms with Crippen LogP contribution in [0.4, 0.5) is 19.3 Å². The number of carbonyl (C=O) groups is 1. The zero-order chi connectivity index (χ0) is 16.1. The van der Waals surface area contributed by atoms with Gasteiger partial charge >= 0.3 is 6.03 Å². The highest BCUT2D eigenvalue weighted by atomic mass is 19.1. The highest BCUT2D eigenvalue weighted by molar-refractivity contribution is 5.89. The first-order chi connectivity index (χ1) is 10.5. The Balaban J connectivity index is 2.12. The standard InChI is InChI=1S/C16H16F2N2O2/c1-20(15(10-21)11-3-2-4-13(18)9-11)16(22)19-14-7-5-12(17)6-8-14/h2-9,15,21H,10H2,1H3,(H,19,22)/t15-/m0/s1. The molecule has 2 N–H and O–H groups in total. The fourth-order valence-corrected chi connectivity index (χ4v) is 2.05. The van der Waals surface area contributed by atoms with E-state index < -0.39 is 23.7 Å². The molecule has 4 nitrogen and oxygen atoms in total. The highest BCUT2D eigenvalue weighted by Gasteiger charge is 2.21. The van der Waals surface area contributed by atoms with Crippen molar-refractivity contribution in [2.24, 2.45) is 0 Å². The highest BCUT2D eigenvalue weighted by Crippen LogP contribution is 2.21. The fourth-order valence-electron chi connectivity index (χ4n) is 2.05. The lowest BCUT2D eigenvalue weighted by Crippen LogP contribution is -2.36. The molecule has 2 aromatic carbocycles. The number of hydrogen-bond donors (Lipinski definition) is 2. The van der Waals surface area contributed by atoms with E-state index in [1.54, 1.807) is 6.07 Å². The molecule has 0 fully saturated rings. The Labute approximate surface area is 127 Å². The Morgan fingerprint density at radius 1 is 1.18 bits per heavy atom. The lowest BCUT2D eigenvalue weighted by molar-refractivity contribution is 0.158. The number of aliphatic hydroxyl groups is 1. The summed E-state index contributed by atoms with van der Waals surface area (Å²) >= 11 is 0. The SMILES string of the molecule is CN(C(=O)Nc1ccc(F)cc1)[C@@H](CO)c1cccc(F)c1. The number of rotatable bonds is 4. The predicted molar refractivity (Wildman–Crippen MR) is 79.4 cm³/mol. The zero-order valence-electron chi connectivity index (χ0n) is 12.0. The summed E-state index contributed by atoms with van der Waals surface area (Å²) < 4.78 is 26.1. The Kier molecular flexibility index (Phi) is 5.06. The largest absolute Gasteiger partial charge is 0.394 e. The van der Waals surface area contributed by atoms with Crippen molar-refractivity contribution in [3.63, 3.8) is 0 Å². The molecular weight excluding hydrogens is 290 g/mol. The number of hydrogen-bond acceptors (Lipinski definition) is 2. The van der Waals surface area contributed by atoms with E-state index in [1.165, 1.54) is 54.4 Å². The van der Waals surface area contributed by atoms with Crippen molar-refractivity contribution in [3.05, 3.63) is 65.7 Å². The Morgan fingerprint density at radius 2 is 1.86 bits per heavy atom. The van der Waals surface area contributed by atoms with E-state index in [0.717, 1.165) is 0 Å². The van der Waals surface area contributed by atoms with Crippen LogP contribution in [0.3, 0.4) is 0 Å². The molecule has 116 valence electrons. The molecule has 0 saturated heterocycles. The number of amides is 2. The van der Waals surface area contributed by atoms with Crippen molar-refractivity contribution < 1.29 is 18.7 Å². The summed E-state index contributed by atoms with van der Waals surface area (Å²) in [5.41, 5.74) is 0.911. The van der Waals surface area contributed by atoms with Crippen LogP contribution in [0.25, 0.3) is 0 Å². The van der Waals surface area contributed by atoms with Gasteiger partial charge in [-0.15, -0.1) is 0 Å². The summed E-state index contributed by atoms with van der Waals surface area (Å²) in [5.74, 6) is -0.845. The predicted octanol–water partition coefficient (Wildman–Crippen LogP) is 3.16. The van der Waals surface area contributed by atoms with Gasteiger partial charge in [0, 0.05) is 12.7 Å². The van der Waals surface area contributed by atoms with Crippen LogP contribution in [0, 0.1) is 11.6 Å². The van der Waals surface area contributed by atoms with E-state index in [9.17, 15) is 18.7 Å². The van der Waals surface area contributed by atoms with Gasteiger partial charge in [0.05, 0.1) is 12.6 Å². The van der Waals surface area contributed by atoms with E-state index in [2.05, 4.69) is 5.32 Å². The Bertz CT molecular complexity index is 647. The summed E-state index contributed by atoms with van der Waals surface area (Å²) in [6.07, 6.45) is 0. The maximum atomic E-state index is 13.3. The van der Waals surface area contributed by atoms with Gasteiger partial charge in [0.25, 0.3) is 0 Å². The minimum absolute atomic E-state index is 0.350. The van der Waals surface area contributed by atoms with E-state index in [1.807, 2.05) is 0 Å². The molecular formula is C16H16F2N2O2. The van der Waals surface area contributed by atoms with Crippen LogP contribution >= 0.6 is 0 Å². The summed E-state index contributed by atoms with van der Waals surface area (Å²) in [5, 5.41) is 12.1. The fraction of sp³-hybridized carbons (Fsp3) is 0.188. The average Bonchev–Trinajstić information content (AvgIpc) is 2.50. The van der Waals surface area contributed by atoms with Crippen LogP contribution in [0.1, 0.15) is 11.6 Å². The number of anilines is 1. The van der Waals surface area contributed by atoms with E-state index in [0.29, 0.717) is 11.3 Å². The van der Waals surface area contributed by atoms with Gasteiger partial charge in [0.2, 0.25) is 0 Å². The van der Waals surface area contributed by atoms with Gasteiger partial charge in [0.1, 0.15) is 11.6 Å². The molecule has 6 heteroatoms. The third-order valence-corrected chi connectivity index (χ3v) is 3.29. The van der Waals surface area contributed by atoms with Crippen molar-refractivity contribution in [1.82, 2.24) is 4.90 Å². The van der Waals surface area contributed by atoms with Crippen LogP contribution < -0.4 is 5.32 Å². The molecule has 22 heavy (non-hydrogen) atoms. The molecule has 0 aliphatic rings. The molecule has 1 atom stereocenters. The quantitative estimate of drug-likeness (QED) is 0.911. The maximum Gasteiger partial charge on any atom is 0.322 e. The summed E-state index contributed by atoms with van der Waals surface area (Å²) in [7, 11) is 1.49. The first-order valence-corrected chi connectivity index (χ1v) is 6.67. The number of carbonyl (C=O) groups excluding carboxylic acids is 1. The minimum Gasteiger partial charge on any atom is -0.394 e. The molecule has 0 saturated carbocycles. The third-order valence-electron chi connectivity index (χ3n) is 3.29. The van der Waals surface area contributed by atoms with Crippen molar-refractivity contribution in [3.8, 4) is 0 Å². The van der Waals surface area contributed by atoms with Crippen LogP contribution in [0.2, 0.25) is 0 Å². The minimum atomic E-state index is -0.684. The molecule has 0 radical (unpaired) electrons. The first-order valence-electron chi connectivity index (χ1n) is 6.67. The second kappa shape index (κ2) is 7.00. The molecule has 2 aromatic rings. The normalized spacial score (nSPS) is 11.8. The van der Waals surface area contributed by atoms with Crippen LogP contribution in [-0.4, -0.2) is 29.7 Å².